The Kier molecular flexibility index (Phi) is 3.69. The third kappa shape index (κ3) is 3.29. The first kappa shape index (κ1) is 10.6. The smallest absolute Gasteiger partial charge is 0.123 e. The van der Waals surface area contributed by atoms with E-state index in [0.717, 1.165) is 25.2 Å². The first-order chi connectivity index (χ1) is 7.34. The molecule has 2 rings (SSSR count). The van der Waals surface area contributed by atoms with E-state index in [-0.39, 0.29) is 5.82 Å². The molecule has 1 fully saturated rings. The molecule has 1 atom stereocenters. The summed E-state index contributed by atoms with van der Waals surface area (Å²) in [4.78, 5) is 0. The summed E-state index contributed by atoms with van der Waals surface area (Å²) < 4.78 is 12.6. The topological polar surface area (TPSA) is 24.1 Å². The van der Waals surface area contributed by atoms with Gasteiger partial charge in [-0.3, -0.25) is 0 Å². The van der Waals surface area contributed by atoms with E-state index in [0.29, 0.717) is 6.04 Å². The predicted molar refractivity (Wildman–Crippen MR) is 59.1 cm³/mol. The van der Waals surface area contributed by atoms with E-state index >= 15 is 0 Å². The van der Waals surface area contributed by atoms with E-state index < -0.39 is 0 Å². The molecule has 0 aromatic heterocycles. The summed E-state index contributed by atoms with van der Waals surface area (Å²) in [5.41, 5.74) is 1.13. The summed E-state index contributed by atoms with van der Waals surface area (Å²) in [5, 5.41) is 6.81. The van der Waals surface area contributed by atoms with E-state index in [1.807, 2.05) is 12.1 Å². The van der Waals surface area contributed by atoms with Crippen molar-refractivity contribution in [1.29, 1.82) is 0 Å². The Morgan fingerprint density at radius 1 is 1.33 bits per heavy atom. The molecule has 0 spiro atoms. The second-order valence-electron chi connectivity index (χ2n) is 4.05. The van der Waals surface area contributed by atoms with Gasteiger partial charge in [-0.1, -0.05) is 12.1 Å². The molecule has 0 bridgehead atoms. The molecule has 1 aromatic rings. The Morgan fingerprint density at radius 3 is 2.80 bits per heavy atom. The van der Waals surface area contributed by atoms with Gasteiger partial charge in [0.05, 0.1) is 0 Å². The van der Waals surface area contributed by atoms with Crippen LogP contribution in [0.5, 0.6) is 0 Å². The average molecular weight is 208 g/mol. The van der Waals surface area contributed by atoms with Gasteiger partial charge in [0.15, 0.2) is 0 Å². The molecule has 0 radical (unpaired) electrons. The highest BCUT2D eigenvalue weighted by molar-refractivity contribution is 5.15. The minimum atomic E-state index is -0.170. The monoisotopic (exact) mass is 208 g/mol. The van der Waals surface area contributed by atoms with E-state index in [2.05, 4.69) is 10.6 Å². The normalized spacial score (nSPS) is 20.7. The van der Waals surface area contributed by atoms with Crippen molar-refractivity contribution in [3.8, 4) is 0 Å². The zero-order valence-electron chi connectivity index (χ0n) is 8.80. The van der Waals surface area contributed by atoms with Gasteiger partial charge in [0.25, 0.3) is 0 Å². The highest BCUT2D eigenvalue weighted by Gasteiger charge is 2.12. The lowest BCUT2D eigenvalue weighted by atomic mass is 10.2. The number of benzene rings is 1. The van der Waals surface area contributed by atoms with Gasteiger partial charge in [0.2, 0.25) is 0 Å². The minimum Gasteiger partial charge on any atom is -0.313 e. The molecule has 0 saturated carbocycles. The summed E-state index contributed by atoms with van der Waals surface area (Å²) in [6, 6.07) is 7.27. The molecule has 3 heteroatoms. The van der Waals surface area contributed by atoms with Gasteiger partial charge in [-0.2, -0.15) is 0 Å². The predicted octanol–water partition coefficient (Wildman–Crippen LogP) is 1.67. The van der Waals surface area contributed by atoms with E-state index in [4.69, 9.17) is 0 Å². The van der Waals surface area contributed by atoms with Crippen molar-refractivity contribution in [3.05, 3.63) is 35.6 Å². The van der Waals surface area contributed by atoms with Gasteiger partial charge in [0.1, 0.15) is 5.82 Å². The Hall–Kier alpha value is -0.930. The summed E-state index contributed by atoms with van der Waals surface area (Å²) in [6.07, 6.45) is 2.54. The van der Waals surface area contributed by atoms with Gasteiger partial charge in [-0.05, 0) is 37.1 Å². The number of hydrogen-bond donors (Lipinski definition) is 2. The molecule has 15 heavy (non-hydrogen) atoms. The summed E-state index contributed by atoms with van der Waals surface area (Å²) in [7, 11) is 0. The van der Waals surface area contributed by atoms with Crippen LogP contribution in [-0.2, 0) is 6.54 Å². The first-order valence-electron chi connectivity index (χ1n) is 5.53. The molecule has 2 nitrogen and oxygen atoms in total. The Balaban J connectivity index is 1.71. The van der Waals surface area contributed by atoms with Crippen LogP contribution in [0.2, 0.25) is 0 Å². The van der Waals surface area contributed by atoms with E-state index in [9.17, 15) is 4.39 Å². The molecular formula is C12H17FN2. The Morgan fingerprint density at radius 2 is 2.13 bits per heavy atom. The van der Waals surface area contributed by atoms with Gasteiger partial charge >= 0.3 is 0 Å². The zero-order chi connectivity index (χ0) is 10.5. The Labute approximate surface area is 89.9 Å². The van der Waals surface area contributed by atoms with Crippen LogP contribution in [0, 0.1) is 5.82 Å². The number of rotatable bonds is 4. The molecule has 2 N–H and O–H groups in total. The van der Waals surface area contributed by atoms with Crippen LogP contribution in [-0.4, -0.2) is 19.1 Å². The fourth-order valence-electron chi connectivity index (χ4n) is 1.92. The van der Waals surface area contributed by atoms with E-state index in [1.54, 1.807) is 0 Å². The SMILES string of the molecule is Fc1ccc(CNC[C@H]2CCCN2)cc1. The molecule has 1 aliphatic rings. The van der Waals surface area contributed by atoms with Gasteiger partial charge in [-0.15, -0.1) is 0 Å². The van der Waals surface area contributed by atoms with Crippen molar-refractivity contribution < 1.29 is 4.39 Å². The van der Waals surface area contributed by atoms with Crippen LogP contribution in [0.25, 0.3) is 0 Å². The number of nitrogens with one attached hydrogen (secondary N) is 2. The van der Waals surface area contributed by atoms with Crippen LogP contribution in [0.1, 0.15) is 18.4 Å². The fourth-order valence-corrected chi connectivity index (χ4v) is 1.92. The van der Waals surface area contributed by atoms with Gasteiger partial charge in [-0.25, -0.2) is 4.39 Å². The van der Waals surface area contributed by atoms with Crippen LogP contribution >= 0.6 is 0 Å². The maximum atomic E-state index is 12.6. The van der Waals surface area contributed by atoms with Crippen LogP contribution < -0.4 is 10.6 Å². The van der Waals surface area contributed by atoms with Gasteiger partial charge in [0, 0.05) is 19.1 Å². The summed E-state index contributed by atoms with van der Waals surface area (Å²) in [6.45, 7) is 2.96. The molecule has 0 amide bonds. The van der Waals surface area contributed by atoms with E-state index in [1.165, 1.54) is 25.0 Å². The largest absolute Gasteiger partial charge is 0.313 e. The second kappa shape index (κ2) is 5.24. The zero-order valence-corrected chi connectivity index (χ0v) is 8.80. The van der Waals surface area contributed by atoms with Crippen LogP contribution in [0.3, 0.4) is 0 Å². The quantitative estimate of drug-likeness (QED) is 0.786. The summed E-state index contributed by atoms with van der Waals surface area (Å²) >= 11 is 0. The molecule has 0 unspecified atom stereocenters. The first-order valence-corrected chi connectivity index (χ1v) is 5.53. The third-order valence-electron chi connectivity index (χ3n) is 2.80. The van der Waals surface area contributed by atoms with Crippen LogP contribution in [0.4, 0.5) is 4.39 Å². The highest BCUT2D eigenvalue weighted by atomic mass is 19.1. The van der Waals surface area contributed by atoms with Crippen molar-refractivity contribution >= 4 is 0 Å². The maximum Gasteiger partial charge on any atom is 0.123 e. The molecule has 1 aromatic carbocycles. The fraction of sp³-hybridized carbons (Fsp3) is 0.500. The lowest BCUT2D eigenvalue weighted by molar-refractivity contribution is 0.535. The van der Waals surface area contributed by atoms with Crippen LogP contribution in [0.15, 0.2) is 24.3 Å². The van der Waals surface area contributed by atoms with Crippen molar-refractivity contribution in [3.63, 3.8) is 0 Å². The maximum absolute atomic E-state index is 12.6. The number of halogens is 1. The third-order valence-corrected chi connectivity index (χ3v) is 2.80. The summed E-state index contributed by atoms with van der Waals surface area (Å²) in [5.74, 6) is -0.170. The van der Waals surface area contributed by atoms with Gasteiger partial charge < -0.3 is 10.6 Å². The average Bonchev–Trinajstić information content (AvgIpc) is 2.74. The lowest BCUT2D eigenvalue weighted by Gasteiger charge is -2.11. The lowest BCUT2D eigenvalue weighted by Crippen LogP contribution is -2.33. The Bertz CT molecular complexity index is 291. The molecule has 0 aliphatic carbocycles. The van der Waals surface area contributed by atoms with Crippen molar-refractivity contribution in [2.45, 2.75) is 25.4 Å². The van der Waals surface area contributed by atoms with Crippen molar-refractivity contribution in [2.24, 2.45) is 0 Å². The standard InChI is InChI=1S/C12H17FN2/c13-11-5-3-10(4-6-11)8-14-9-12-2-1-7-15-12/h3-6,12,14-15H,1-2,7-9H2/t12-/m1/s1. The highest BCUT2D eigenvalue weighted by Crippen LogP contribution is 2.05. The molecule has 1 heterocycles. The van der Waals surface area contributed by atoms with Crippen molar-refractivity contribution in [2.75, 3.05) is 13.1 Å². The second-order valence-corrected chi connectivity index (χ2v) is 4.05. The van der Waals surface area contributed by atoms with Crippen molar-refractivity contribution in [1.82, 2.24) is 10.6 Å². The molecular weight excluding hydrogens is 191 g/mol. The molecule has 1 saturated heterocycles. The minimum absolute atomic E-state index is 0.170. The molecule has 82 valence electrons. The number of hydrogen-bond acceptors (Lipinski definition) is 2. The molecule has 1 aliphatic heterocycles.